The van der Waals surface area contributed by atoms with Gasteiger partial charge in [0.15, 0.2) is 0 Å². The molecule has 0 spiro atoms. The minimum Gasteiger partial charge on any atom is -0.0851 e. The van der Waals surface area contributed by atoms with E-state index in [-0.39, 0.29) is 0 Å². The molecule has 3 atom stereocenters. The standard InChI is InChI=1S/C13H14/c1-2-4-11(5-3-1)13-9-10-6-7-12(13)8-10/h1-7,10,12-13H,8-9H2. The molecular formula is C13H14. The van der Waals surface area contributed by atoms with E-state index in [1.807, 2.05) is 0 Å². The highest BCUT2D eigenvalue weighted by molar-refractivity contribution is 5.27. The summed E-state index contributed by atoms with van der Waals surface area (Å²) in [5.74, 6) is 2.54. The Bertz CT molecular complexity index is 323. The zero-order valence-electron chi connectivity index (χ0n) is 7.69. The second-order valence-corrected chi connectivity index (χ2v) is 4.30. The van der Waals surface area contributed by atoms with Crippen molar-refractivity contribution >= 4 is 0 Å². The van der Waals surface area contributed by atoms with Crippen molar-refractivity contribution in [3.63, 3.8) is 0 Å². The maximum Gasteiger partial charge on any atom is -0.00932 e. The van der Waals surface area contributed by atoms with Crippen LogP contribution in [0.1, 0.15) is 24.3 Å². The summed E-state index contributed by atoms with van der Waals surface area (Å²) in [5, 5.41) is 0. The van der Waals surface area contributed by atoms with E-state index in [0.29, 0.717) is 0 Å². The second kappa shape index (κ2) is 2.73. The third-order valence-corrected chi connectivity index (χ3v) is 3.51. The molecule has 13 heavy (non-hydrogen) atoms. The molecule has 0 aromatic heterocycles. The average Bonchev–Trinajstić information content (AvgIpc) is 2.80. The number of fused-ring (bicyclic) bond motifs is 2. The van der Waals surface area contributed by atoms with E-state index in [1.165, 1.54) is 12.8 Å². The minimum atomic E-state index is 0.816. The van der Waals surface area contributed by atoms with Gasteiger partial charge < -0.3 is 0 Å². The fourth-order valence-corrected chi connectivity index (χ4v) is 2.86. The third-order valence-electron chi connectivity index (χ3n) is 3.51. The highest BCUT2D eigenvalue weighted by atomic mass is 14.4. The maximum atomic E-state index is 2.42. The normalized spacial score (nSPS) is 35.5. The summed E-state index contributed by atoms with van der Waals surface area (Å²) in [6.45, 7) is 0. The molecule has 1 aromatic rings. The van der Waals surface area contributed by atoms with Gasteiger partial charge in [-0.2, -0.15) is 0 Å². The summed E-state index contributed by atoms with van der Waals surface area (Å²) in [7, 11) is 0. The smallest absolute Gasteiger partial charge is 0.00932 e. The van der Waals surface area contributed by atoms with Crippen LogP contribution < -0.4 is 0 Å². The Labute approximate surface area is 79.3 Å². The van der Waals surface area contributed by atoms with Crippen molar-refractivity contribution in [2.45, 2.75) is 18.8 Å². The first-order valence-corrected chi connectivity index (χ1v) is 5.17. The highest BCUT2D eigenvalue weighted by Gasteiger charge is 2.35. The van der Waals surface area contributed by atoms with Crippen molar-refractivity contribution in [2.24, 2.45) is 11.8 Å². The lowest BCUT2D eigenvalue weighted by Gasteiger charge is -2.17. The van der Waals surface area contributed by atoms with Gasteiger partial charge in [-0.05, 0) is 36.2 Å². The summed E-state index contributed by atoms with van der Waals surface area (Å²) >= 11 is 0. The lowest BCUT2D eigenvalue weighted by atomic mass is 9.87. The molecule has 2 aliphatic carbocycles. The third kappa shape index (κ3) is 1.13. The summed E-state index contributed by atoms with van der Waals surface area (Å²) < 4.78 is 0. The van der Waals surface area contributed by atoms with Crippen molar-refractivity contribution in [2.75, 3.05) is 0 Å². The average molecular weight is 170 g/mol. The highest BCUT2D eigenvalue weighted by Crippen LogP contribution is 2.48. The molecular weight excluding hydrogens is 156 g/mol. The largest absolute Gasteiger partial charge is 0.0851 e. The molecule has 0 heterocycles. The fourth-order valence-electron chi connectivity index (χ4n) is 2.86. The Morgan fingerprint density at radius 3 is 2.38 bits per heavy atom. The first-order chi connectivity index (χ1) is 6.43. The zero-order chi connectivity index (χ0) is 8.67. The van der Waals surface area contributed by atoms with Crippen molar-refractivity contribution in [1.82, 2.24) is 0 Å². The Kier molecular flexibility index (Phi) is 1.55. The van der Waals surface area contributed by atoms with Crippen LogP contribution in [0.3, 0.4) is 0 Å². The summed E-state index contributed by atoms with van der Waals surface area (Å²) in [4.78, 5) is 0. The topological polar surface area (TPSA) is 0 Å². The Balaban J connectivity index is 1.92. The summed E-state index contributed by atoms with van der Waals surface area (Å²) in [5.41, 5.74) is 1.54. The number of allylic oxidation sites excluding steroid dienone is 2. The van der Waals surface area contributed by atoms with Crippen LogP contribution in [0, 0.1) is 11.8 Å². The van der Waals surface area contributed by atoms with Gasteiger partial charge in [0.2, 0.25) is 0 Å². The molecule has 0 N–H and O–H groups in total. The SMILES string of the molecule is C1=CC2CC1CC2c1ccccc1. The minimum absolute atomic E-state index is 0.816. The van der Waals surface area contributed by atoms with Gasteiger partial charge in [-0.1, -0.05) is 42.5 Å². The molecule has 1 saturated carbocycles. The fraction of sp³-hybridized carbons (Fsp3) is 0.385. The van der Waals surface area contributed by atoms with E-state index in [2.05, 4.69) is 42.5 Å². The Hall–Kier alpha value is -1.04. The van der Waals surface area contributed by atoms with Gasteiger partial charge in [-0.25, -0.2) is 0 Å². The molecule has 0 heteroatoms. The van der Waals surface area contributed by atoms with Crippen LogP contribution in [0.5, 0.6) is 0 Å². The van der Waals surface area contributed by atoms with Gasteiger partial charge >= 0.3 is 0 Å². The maximum absolute atomic E-state index is 2.42. The van der Waals surface area contributed by atoms with E-state index >= 15 is 0 Å². The van der Waals surface area contributed by atoms with Crippen molar-refractivity contribution in [1.29, 1.82) is 0 Å². The van der Waals surface area contributed by atoms with Crippen LogP contribution in [0.2, 0.25) is 0 Å². The van der Waals surface area contributed by atoms with Crippen LogP contribution in [-0.4, -0.2) is 0 Å². The van der Waals surface area contributed by atoms with E-state index in [1.54, 1.807) is 5.56 Å². The lowest BCUT2D eigenvalue weighted by molar-refractivity contribution is 0.585. The lowest BCUT2D eigenvalue weighted by Crippen LogP contribution is -2.04. The number of hydrogen-bond acceptors (Lipinski definition) is 0. The van der Waals surface area contributed by atoms with E-state index in [9.17, 15) is 0 Å². The predicted octanol–water partition coefficient (Wildman–Crippen LogP) is 3.37. The van der Waals surface area contributed by atoms with Gasteiger partial charge in [0.1, 0.15) is 0 Å². The quantitative estimate of drug-likeness (QED) is 0.567. The van der Waals surface area contributed by atoms with E-state index in [4.69, 9.17) is 0 Å². The first-order valence-electron chi connectivity index (χ1n) is 5.17. The second-order valence-electron chi connectivity index (χ2n) is 4.30. The van der Waals surface area contributed by atoms with Crippen LogP contribution >= 0.6 is 0 Å². The summed E-state index contributed by atoms with van der Waals surface area (Å²) in [6, 6.07) is 11.0. The van der Waals surface area contributed by atoms with Gasteiger partial charge in [0.25, 0.3) is 0 Å². The molecule has 0 amide bonds. The van der Waals surface area contributed by atoms with Crippen LogP contribution in [0.15, 0.2) is 42.5 Å². The van der Waals surface area contributed by atoms with Gasteiger partial charge in [-0.3, -0.25) is 0 Å². The number of benzene rings is 1. The number of hydrogen-bond donors (Lipinski definition) is 0. The molecule has 0 saturated heterocycles. The Morgan fingerprint density at radius 1 is 0.923 bits per heavy atom. The van der Waals surface area contributed by atoms with Crippen molar-refractivity contribution < 1.29 is 0 Å². The molecule has 2 bridgehead atoms. The molecule has 3 rings (SSSR count). The van der Waals surface area contributed by atoms with Gasteiger partial charge in [-0.15, -0.1) is 0 Å². The van der Waals surface area contributed by atoms with Crippen LogP contribution in [0.25, 0.3) is 0 Å². The number of rotatable bonds is 1. The van der Waals surface area contributed by atoms with Crippen molar-refractivity contribution in [3.05, 3.63) is 48.0 Å². The van der Waals surface area contributed by atoms with E-state index in [0.717, 1.165) is 17.8 Å². The van der Waals surface area contributed by atoms with E-state index < -0.39 is 0 Å². The summed E-state index contributed by atoms with van der Waals surface area (Å²) in [6.07, 6.45) is 7.61. The monoisotopic (exact) mass is 170 g/mol. The molecule has 0 aliphatic heterocycles. The first kappa shape index (κ1) is 7.37. The van der Waals surface area contributed by atoms with Gasteiger partial charge in [0, 0.05) is 0 Å². The predicted molar refractivity (Wildman–Crippen MR) is 54.5 cm³/mol. The molecule has 1 aromatic carbocycles. The van der Waals surface area contributed by atoms with Gasteiger partial charge in [0.05, 0.1) is 0 Å². The van der Waals surface area contributed by atoms with Crippen LogP contribution in [-0.2, 0) is 0 Å². The zero-order valence-corrected chi connectivity index (χ0v) is 7.69. The molecule has 0 nitrogen and oxygen atoms in total. The molecule has 1 fully saturated rings. The molecule has 3 unspecified atom stereocenters. The van der Waals surface area contributed by atoms with Crippen LogP contribution in [0.4, 0.5) is 0 Å². The molecule has 66 valence electrons. The molecule has 0 radical (unpaired) electrons. The van der Waals surface area contributed by atoms with Crippen molar-refractivity contribution in [3.8, 4) is 0 Å². The Morgan fingerprint density at radius 2 is 1.77 bits per heavy atom. The molecule has 2 aliphatic rings.